The molecule has 22 heavy (non-hydrogen) atoms. The summed E-state index contributed by atoms with van der Waals surface area (Å²) < 4.78 is 0. The van der Waals surface area contributed by atoms with Crippen LogP contribution in [0.4, 0.5) is 0 Å². The summed E-state index contributed by atoms with van der Waals surface area (Å²) in [6, 6.07) is 10.6. The number of amides is 1. The van der Waals surface area contributed by atoms with Gasteiger partial charge in [0.05, 0.1) is 0 Å². The number of hydrogen-bond acceptors (Lipinski definition) is 3. The number of nitrogens with zero attached hydrogens (tertiary/aromatic N) is 2. The van der Waals surface area contributed by atoms with Crippen LogP contribution in [-0.2, 0) is 19.5 Å². The number of aromatic nitrogens is 2. The van der Waals surface area contributed by atoms with Gasteiger partial charge < -0.3 is 10.2 Å². The minimum atomic E-state index is 0.0625. The topological polar surface area (TPSA) is 61.0 Å². The van der Waals surface area contributed by atoms with Crippen molar-refractivity contribution >= 4 is 5.91 Å². The number of rotatable bonds is 4. The van der Waals surface area contributed by atoms with Crippen LogP contribution < -0.4 is 5.32 Å². The second-order valence-corrected chi connectivity index (χ2v) is 6.11. The van der Waals surface area contributed by atoms with E-state index < -0.39 is 0 Å². The summed E-state index contributed by atoms with van der Waals surface area (Å²) in [5.41, 5.74) is 3.93. The van der Waals surface area contributed by atoms with Gasteiger partial charge in [0.2, 0.25) is 0 Å². The molecule has 1 aliphatic heterocycles. The molecule has 114 valence electrons. The van der Waals surface area contributed by atoms with Crippen molar-refractivity contribution in [3.05, 3.63) is 52.8 Å². The zero-order valence-corrected chi connectivity index (χ0v) is 12.5. The molecular weight excluding hydrogens is 276 g/mol. The van der Waals surface area contributed by atoms with Crippen molar-refractivity contribution in [2.45, 2.75) is 38.4 Å². The van der Waals surface area contributed by atoms with Crippen molar-refractivity contribution in [2.24, 2.45) is 0 Å². The second kappa shape index (κ2) is 5.57. The highest BCUT2D eigenvalue weighted by Crippen LogP contribution is 2.30. The van der Waals surface area contributed by atoms with Crippen LogP contribution >= 0.6 is 0 Å². The highest BCUT2D eigenvalue weighted by atomic mass is 16.2. The number of H-pyrrole nitrogens is 1. The molecule has 1 aromatic heterocycles. The standard InChI is InChI=1S/C17H20N4O/c22-17(16-14-10-18-9-8-15(14)19-20-16)21(13-6-7-13)11-12-4-2-1-3-5-12/h1-5,13,18H,6-11H2,(H,19,20). The number of carbonyl (C=O) groups is 1. The first-order chi connectivity index (χ1) is 10.8. The van der Waals surface area contributed by atoms with Crippen molar-refractivity contribution in [3.8, 4) is 0 Å². The van der Waals surface area contributed by atoms with E-state index >= 15 is 0 Å². The lowest BCUT2D eigenvalue weighted by atomic mass is 10.1. The Kier molecular flexibility index (Phi) is 3.42. The van der Waals surface area contributed by atoms with Crippen LogP contribution in [0.2, 0.25) is 0 Å². The third-order valence-electron chi connectivity index (χ3n) is 4.45. The maximum Gasteiger partial charge on any atom is 0.275 e. The second-order valence-electron chi connectivity index (χ2n) is 6.11. The van der Waals surface area contributed by atoms with E-state index in [0.717, 1.165) is 43.6 Å². The molecular formula is C17H20N4O. The highest BCUT2D eigenvalue weighted by molar-refractivity contribution is 5.94. The molecule has 2 heterocycles. The fourth-order valence-electron chi connectivity index (χ4n) is 3.07. The van der Waals surface area contributed by atoms with Crippen molar-refractivity contribution < 1.29 is 4.79 Å². The van der Waals surface area contributed by atoms with Crippen LogP contribution in [0.5, 0.6) is 0 Å². The Morgan fingerprint density at radius 3 is 2.86 bits per heavy atom. The Bertz CT molecular complexity index is 675. The summed E-state index contributed by atoms with van der Waals surface area (Å²) in [5.74, 6) is 0.0625. The molecule has 1 fully saturated rings. The number of fused-ring (bicyclic) bond motifs is 1. The Balaban J connectivity index is 1.60. The maximum absolute atomic E-state index is 13.0. The van der Waals surface area contributed by atoms with Gasteiger partial charge in [0.1, 0.15) is 0 Å². The zero-order valence-electron chi connectivity index (χ0n) is 12.5. The molecule has 0 unspecified atom stereocenters. The van der Waals surface area contributed by atoms with Gasteiger partial charge in [-0.1, -0.05) is 30.3 Å². The van der Waals surface area contributed by atoms with Gasteiger partial charge >= 0.3 is 0 Å². The van der Waals surface area contributed by atoms with Gasteiger partial charge in [0.15, 0.2) is 5.69 Å². The van der Waals surface area contributed by atoms with E-state index in [-0.39, 0.29) is 5.91 Å². The monoisotopic (exact) mass is 296 g/mol. The first-order valence-electron chi connectivity index (χ1n) is 7.94. The molecule has 2 N–H and O–H groups in total. The van der Waals surface area contributed by atoms with Gasteiger partial charge in [0.25, 0.3) is 5.91 Å². The highest BCUT2D eigenvalue weighted by Gasteiger charge is 2.35. The van der Waals surface area contributed by atoms with Crippen LogP contribution in [0, 0.1) is 0 Å². The fourth-order valence-corrected chi connectivity index (χ4v) is 3.07. The normalized spacial score (nSPS) is 17.1. The largest absolute Gasteiger partial charge is 0.330 e. The lowest BCUT2D eigenvalue weighted by Crippen LogP contribution is -2.34. The Hall–Kier alpha value is -2.14. The van der Waals surface area contributed by atoms with E-state index in [2.05, 4.69) is 27.6 Å². The molecule has 5 heteroatoms. The zero-order chi connectivity index (χ0) is 14.9. The van der Waals surface area contributed by atoms with E-state index in [4.69, 9.17) is 0 Å². The molecule has 5 nitrogen and oxygen atoms in total. The average Bonchev–Trinajstić information content (AvgIpc) is 3.31. The van der Waals surface area contributed by atoms with Crippen molar-refractivity contribution in [2.75, 3.05) is 6.54 Å². The molecule has 0 spiro atoms. The fraction of sp³-hybridized carbons (Fsp3) is 0.412. The van der Waals surface area contributed by atoms with E-state index in [1.54, 1.807) is 0 Å². The van der Waals surface area contributed by atoms with Crippen molar-refractivity contribution in [1.29, 1.82) is 0 Å². The van der Waals surface area contributed by atoms with E-state index in [9.17, 15) is 4.79 Å². The third-order valence-corrected chi connectivity index (χ3v) is 4.45. The Labute approximate surface area is 129 Å². The van der Waals surface area contributed by atoms with Gasteiger partial charge in [-0.15, -0.1) is 0 Å². The predicted octanol–water partition coefficient (Wildman–Crippen LogP) is 1.86. The molecule has 2 aliphatic rings. The number of carbonyl (C=O) groups excluding carboxylic acids is 1. The molecule has 0 atom stereocenters. The Morgan fingerprint density at radius 2 is 2.09 bits per heavy atom. The molecule has 4 rings (SSSR count). The van der Waals surface area contributed by atoms with Gasteiger partial charge in [-0.05, 0) is 18.4 Å². The van der Waals surface area contributed by atoms with Crippen LogP contribution in [0.25, 0.3) is 0 Å². The predicted molar refractivity (Wildman–Crippen MR) is 83.3 cm³/mol. The lowest BCUT2D eigenvalue weighted by Gasteiger charge is -2.23. The minimum Gasteiger partial charge on any atom is -0.330 e. The molecule has 1 aliphatic carbocycles. The average molecular weight is 296 g/mol. The molecule has 0 radical (unpaired) electrons. The lowest BCUT2D eigenvalue weighted by molar-refractivity contribution is 0.0722. The number of nitrogens with one attached hydrogen (secondary N) is 2. The summed E-state index contributed by atoms with van der Waals surface area (Å²) in [6.45, 7) is 2.34. The summed E-state index contributed by atoms with van der Waals surface area (Å²) >= 11 is 0. The summed E-state index contributed by atoms with van der Waals surface area (Å²) in [6.07, 6.45) is 3.12. The SMILES string of the molecule is O=C(c1n[nH]c2c1CNCC2)N(Cc1ccccc1)C1CC1. The maximum atomic E-state index is 13.0. The first-order valence-corrected chi connectivity index (χ1v) is 7.94. The van der Waals surface area contributed by atoms with E-state index in [0.29, 0.717) is 18.3 Å². The van der Waals surface area contributed by atoms with Crippen LogP contribution in [0.1, 0.15) is 40.2 Å². The third kappa shape index (κ3) is 2.52. The molecule has 0 bridgehead atoms. The van der Waals surface area contributed by atoms with Gasteiger partial charge in [0, 0.05) is 43.4 Å². The van der Waals surface area contributed by atoms with Crippen LogP contribution in [-0.4, -0.2) is 33.6 Å². The number of aromatic amines is 1. The summed E-state index contributed by atoms with van der Waals surface area (Å²) in [7, 11) is 0. The van der Waals surface area contributed by atoms with Crippen LogP contribution in [0.3, 0.4) is 0 Å². The molecule has 1 aromatic carbocycles. The molecule has 1 amide bonds. The van der Waals surface area contributed by atoms with E-state index in [1.165, 1.54) is 5.56 Å². The molecule has 1 saturated carbocycles. The molecule has 0 saturated heterocycles. The van der Waals surface area contributed by atoms with Gasteiger partial charge in [-0.25, -0.2) is 0 Å². The van der Waals surface area contributed by atoms with Crippen molar-refractivity contribution in [3.63, 3.8) is 0 Å². The number of hydrogen-bond donors (Lipinski definition) is 2. The Morgan fingerprint density at radius 1 is 1.27 bits per heavy atom. The van der Waals surface area contributed by atoms with Gasteiger partial charge in [-0.2, -0.15) is 5.10 Å². The quantitative estimate of drug-likeness (QED) is 0.905. The van der Waals surface area contributed by atoms with Crippen LogP contribution in [0.15, 0.2) is 30.3 Å². The molecule has 2 aromatic rings. The smallest absolute Gasteiger partial charge is 0.275 e. The minimum absolute atomic E-state index is 0.0625. The van der Waals surface area contributed by atoms with E-state index in [1.807, 2.05) is 23.1 Å². The number of benzene rings is 1. The van der Waals surface area contributed by atoms with Gasteiger partial charge in [-0.3, -0.25) is 9.89 Å². The first kappa shape index (κ1) is 13.5. The summed E-state index contributed by atoms with van der Waals surface area (Å²) in [5, 5.41) is 10.7. The summed E-state index contributed by atoms with van der Waals surface area (Å²) in [4.78, 5) is 15.0. The van der Waals surface area contributed by atoms with Crippen molar-refractivity contribution in [1.82, 2.24) is 20.4 Å².